The normalized spacial score (nSPS) is 22.1. The minimum absolute atomic E-state index is 0.169. The van der Waals surface area contributed by atoms with Gasteiger partial charge in [-0.3, -0.25) is 9.59 Å². The second kappa shape index (κ2) is 10.2. The van der Waals surface area contributed by atoms with E-state index in [0.717, 1.165) is 32.8 Å². The molecule has 6 nitrogen and oxygen atoms in total. The number of amides is 2. The van der Waals surface area contributed by atoms with Crippen molar-refractivity contribution in [1.29, 1.82) is 0 Å². The summed E-state index contributed by atoms with van der Waals surface area (Å²) in [5.41, 5.74) is 6.01. The van der Waals surface area contributed by atoms with Gasteiger partial charge in [-0.25, -0.2) is 0 Å². The Morgan fingerprint density at radius 3 is 1.93 bits per heavy atom. The molecule has 2 atom stereocenters. The molecule has 0 N–H and O–H groups in total. The smallest absolute Gasteiger partial charge is 0.254 e. The Kier molecular flexibility index (Phi) is 6.44. The molecule has 4 aromatic carbocycles. The first-order chi connectivity index (χ1) is 20.0. The molecule has 0 unspecified atom stereocenters. The highest BCUT2D eigenvalue weighted by Gasteiger charge is 2.61. The molecule has 2 bridgehead atoms. The third-order valence-electron chi connectivity index (χ3n) is 8.33. The van der Waals surface area contributed by atoms with E-state index in [1.165, 1.54) is 6.21 Å². The molecule has 1 heterocycles. The third-order valence-corrected chi connectivity index (χ3v) is 9.29. The van der Waals surface area contributed by atoms with Crippen molar-refractivity contribution in [3.63, 3.8) is 0 Å². The Balaban J connectivity index is 1.18. The minimum atomic E-state index is -0.476. The van der Waals surface area contributed by atoms with Crippen molar-refractivity contribution in [3.8, 4) is 11.5 Å². The quantitative estimate of drug-likeness (QED) is 0.172. The maximum atomic E-state index is 13.8. The zero-order chi connectivity index (χ0) is 28.2. The molecule has 0 aromatic heterocycles. The Morgan fingerprint density at radius 2 is 1.39 bits per heavy atom. The summed E-state index contributed by atoms with van der Waals surface area (Å²) in [5.74, 6) is -0.828. The number of benzene rings is 4. The first-order valence-electron chi connectivity index (χ1n) is 13.3. The van der Waals surface area contributed by atoms with Gasteiger partial charge in [-0.15, -0.1) is 0 Å². The third kappa shape index (κ3) is 4.10. The molecule has 0 radical (unpaired) electrons. The van der Waals surface area contributed by atoms with Crippen molar-refractivity contribution in [3.05, 3.63) is 128 Å². The predicted octanol–water partition coefficient (Wildman–Crippen LogP) is 6.92. The van der Waals surface area contributed by atoms with Gasteiger partial charge in [0.1, 0.15) is 6.61 Å². The Morgan fingerprint density at radius 1 is 0.854 bits per heavy atom. The van der Waals surface area contributed by atoms with Gasteiger partial charge in [0, 0.05) is 22.4 Å². The fourth-order valence-corrected chi connectivity index (χ4v) is 7.38. The molecular weight excluding hydrogens is 604 g/mol. The molecule has 41 heavy (non-hydrogen) atoms. The molecular formula is C33H24BrClN2O4. The summed E-state index contributed by atoms with van der Waals surface area (Å²) >= 11 is 9.84. The summed E-state index contributed by atoms with van der Waals surface area (Å²) in [5, 5.41) is 6.11. The number of hydrogen-bond donors (Lipinski definition) is 0. The zero-order valence-electron chi connectivity index (χ0n) is 22.0. The molecule has 0 saturated carbocycles. The summed E-state index contributed by atoms with van der Waals surface area (Å²) in [4.78, 5) is 27.6. The number of rotatable bonds is 6. The number of ether oxygens (including phenoxy) is 2. The van der Waals surface area contributed by atoms with Gasteiger partial charge in [0.2, 0.25) is 0 Å². The van der Waals surface area contributed by atoms with E-state index in [9.17, 15) is 9.59 Å². The van der Waals surface area contributed by atoms with Crippen molar-refractivity contribution in [1.82, 2.24) is 5.01 Å². The van der Waals surface area contributed by atoms with Gasteiger partial charge in [0.15, 0.2) is 11.5 Å². The van der Waals surface area contributed by atoms with Crippen LogP contribution in [0.25, 0.3) is 0 Å². The monoisotopic (exact) mass is 626 g/mol. The van der Waals surface area contributed by atoms with E-state index in [2.05, 4.69) is 45.3 Å². The number of imide groups is 1. The van der Waals surface area contributed by atoms with Crippen molar-refractivity contribution < 1.29 is 19.1 Å². The number of carbonyl (C=O) groups is 2. The summed E-state index contributed by atoms with van der Waals surface area (Å²) < 4.78 is 12.3. The number of hydrazone groups is 1. The topological polar surface area (TPSA) is 68.2 Å². The van der Waals surface area contributed by atoms with Crippen LogP contribution in [0.15, 0.2) is 94.5 Å². The number of hydrogen-bond acceptors (Lipinski definition) is 5. The second-order valence-corrected chi connectivity index (χ2v) is 11.7. The molecule has 3 aliphatic carbocycles. The maximum Gasteiger partial charge on any atom is 0.254 e. The van der Waals surface area contributed by atoms with Crippen molar-refractivity contribution >= 4 is 45.6 Å². The molecule has 2 amide bonds. The fraction of sp³-hybridized carbons (Fsp3) is 0.182. The van der Waals surface area contributed by atoms with E-state index in [1.54, 1.807) is 19.2 Å². The van der Waals surface area contributed by atoms with Crippen molar-refractivity contribution in [2.24, 2.45) is 16.9 Å². The van der Waals surface area contributed by atoms with Crippen LogP contribution in [-0.2, 0) is 16.2 Å². The van der Waals surface area contributed by atoms with E-state index in [4.69, 9.17) is 21.1 Å². The number of halogens is 2. The highest BCUT2D eigenvalue weighted by molar-refractivity contribution is 9.10. The van der Waals surface area contributed by atoms with Crippen LogP contribution in [0.2, 0.25) is 5.02 Å². The minimum Gasteiger partial charge on any atom is -0.493 e. The standard InChI is InChI=1S/C33H24BrClN2O4/c1-40-26-15-18(14-24(34)31(26)41-17-19-8-2-7-13-25(19)35)16-36-37-32(38)29-27-20-9-3-4-10-21(20)28(30(29)33(37)39)23-12-6-5-11-22(23)27/h2-16,27-30H,17H2,1H3/b36-16-/t27?,28?,29-,30+. The van der Waals surface area contributed by atoms with Crippen molar-refractivity contribution in [2.45, 2.75) is 18.4 Å². The number of nitrogens with zero attached hydrogens (tertiary/aromatic N) is 2. The van der Waals surface area contributed by atoms with E-state index in [1.807, 2.05) is 48.5 Å². The van der Waals surface area contributed by atoms with Crippen LogP contribution >= 0.6 is 27.5 Å². The van der Waals surface area contributed by atoms with E-state index < -0.39 is 11.8 Å². The SMILES string of the molecule is COc1cc(/C=N\N2C(=O)[C@@H]3C4c5ccccc5C(c5ccccc54)[C@@H]3C2=O)cc(Br)c1OCc1ccccc1Cl. The van der Waals surface area contributed by atoms with E-state index in [-0.39, 0.29) is 30.3 Å². The lowest BCUT2D eigenvalue weighted by atomic mass is 9.55. The highest BCUT2D eigenvalue weighted by atomic mass is 79.9. The molecule has 4 aromatic rings. The van der Waals surface area contributed by atoms with E-state index >= 15 is 0 Å². The summed E-state index contributed by atoms with van der Waals surface area (Å²) in [6.45, 7) is 0.259. The molecule has 1 aliphatic heterocycles. The molecule has 8 rings (SSSR count). The van der Waals surface area contributed by atoms with Crippen LogP contribution in [0.5, 0.6) is 11.5 Å². The molecule has 1 fully saturated rings. The lowest BCUT2D eigenvalue weighted by Crippen LogP contribution is -2.41. The Hall–Kier alpha value is -3.94. The fourth-order valence-electron chi connectivity index (χ4n) is 6.62. The zero-order valence-corrected chi connectivity index (χ0v) is 24.3. The van der Waals surface area contributed by atoms with Crippen LogP contribution < -0.4 is 9.47 Å². The first-order valence-corrected chi connectivity index (χ1v) is 14.5. The summed E-state index contributed by atoms with van der Waals surface area (Å²) in [7, 11) is 1.55. The lowest BCUT2D eigenvalue weighted by Gasteiger charge is -2.45. The summed E-state index contributed by atoms with van der Waals surface area (Å²) in [6.07, 6.45) is 1.51. The number of methoxy groups -OCH3 is 1. The van der Waals surface area contributed by atoms with Gasteiger partial charge in [-0.1, -0.05) is 78.3 Å². The number of carbonyl (C=O) groups excluding carboxylic acids is 2. The average Bonchev–Trinajstić information content (AvgIpc) is 3.25. The largest absolute Gasteiger partial charge is 0.493 e. The van der Waals surface area contributed by atoms with Gasteiger partial charge >= 0.3 is 0 Å². The highest BCUT2D eigenvalue weighted by Crippen LogP contribution is 2.61. The predicted molar refractivity (Wildman–Crippen MR) is 159 cm³/mol. The van der Waals surface area contributed by atoms with Crippen LogP contribution in [0, 0.1) is 11.8 Å². The molecule has 1 saturated heterocycles. The Bertz CT molecular complexity index is 1640. The van der Waals surface area contributed by atoms with Gasteiger partial charge in [-0.05, 0) is 61.9 Å². The summed E-state index contributed by atoms with van der Waals surface area (Å²) in [6, 6.07) is 27.4. The lowest BCUT2D eigenvalue weighted by molar-refractivity contribution is -0.139. The molecule has 204 valence electrons. The van der Waals surface area contributed by atoms with Crippen LogP contribution in [0.4, 0.5) is 0 Å². The van der Waals surface area contributed by atoms with Crippen LogP contribution in [0.1, 0.15) is 45.2 Å². The second-order valence-electron chi connectivity index (χ2n) is 10.4. The van der Waals surface area contributed by atoms with Crippen molar-refractivity contribution in [2.75, 3.05) is 7.11 Å². The van der Waals surface area contributed by atoms with Gasteiger partial charge < -0.3 is 9.47 Å². The average molecular weight is 628 g/mol. The van der Waals surface area contributed by atoms with Crippen LogP contribution in [0.3, 0.4) is 0 Å². The van der Waals surface area contributed by atoms with E-state index in [0.29, 0.717) is 26.6 Å². The van der Waals surface area contributed by atoms with Gasteiger partial charge in [0.05, 0.1) is 29.6 Å². The maximum absolute atomic E-state index is 13.8. The van der Waals surface area contributed by atoms with Gasteiger partial charge in [-0.2, -0.15) is 10.1 Å². The van der Waals surface area contributed by atoms with Crippen LogP contribution in [-0.4, -0.2) is 30.1 Å². The first kappa shape index (κ1) is 26.0. The molecule has 4 aliphatic rings. The van der Waals surface area contributed by atoms with Gasteiger partial charge in [0.25, 0.3) is 11.8 Å². The molecule has 8 heteroatoms. The molecule has 0 spiro atoms. The Labute approximate surface area is 250 Å².